The molecular formula is C15H16N3O3+. The first-order valence-electron chi connectivity index (χ1n) is 6.74. The molecule has 2 aromatic rings. The van der Waals surface area contributed by atoms with Crippen LogP contribution in [0.5, 0.6) is 5.75 Å². The number of fused-ring (bicyclic) bond motifs is 1. The van der Waals surface area contributed by atoms with E-state index in [9.17, 15) is 9.59 Å². The molecule has 3 rings (SSSR count). The number of nitrogens with zero attached hydrogens (tertiary/aromatic N) is 2. The van der Waals surface area contributed by atoms with Gasteiger partial charge in [-0.1, -0.05) is 35.0 Å². The van der Waals surface area contributed by atoms with Crippen LogP contribution >= 0.6 is 0 Å². The number of amides is 1. The largest absolute Gasteiger partial charge is 0.483 e. The molecule has 1 aliphatic rings. The summed E-state index contributed by atoms with van der Waals surface area (Å²) < 4.78 is 7.11. The number of aromatic amines is 1. The fraction of sp³-hybridized carbons (Fsp3) is 0.267. The minimum atomic E-state index is -0.374. The Hall–Kier alpha value is -2.63. The molecule has 1 N–H and O–H groups in total. The maximum atomic E-state index is 12.4. The Balaban J connectivity index is 1.88. The molecule has 0 spiro atoms. The minimum Gasteiger partial charge on any atom is -0.483 e. The van der Waals surface area contributed by atoms with E-state index in [0.717, 1.165) is 5.56 Å². The Bertz CT molecular complexity index is 725. The first-order valence-corrected chi connectivity index (χ1v) is 6.74. The molecule has 1 aromatic heterocycles. The van der Waals surface area contributed by atoms with Crippen LogP contribution in [-0.2, 0) is 13.2 Å². The van der Waals surface area contributed by atoms with Crippen molar-refractivity contribution in [2.45, 2.75) is 13.2 Å². The summed E-state index contributed by atoms with van der Waals surface area (Å²) in [5.41, 5.74) is 0.710. The summed E-state index contributed by atoms with van der Waals surface area (Å²) in [5.74, 6) is -0.124. The van der Waals surface area contributed by atoms with Gasteiger partial charge in [0.05, 0.1) is 6.54 Å². The number of rotatable bonds is 3. The summed E-state index contributed by atoms with van der Waals surface area (Å²) >= 11 is 0. The van der Waals surface area contributed by atoms with Crippen LogP contribution in [0.2, 0.25) is 0 Å². The lowest BCUT2D eigenvalue weighted by molar-refractivity contribution is -0.758. The molecule has 0 radical (unpaired) electrons. The molecule has 108 valence electrons. The van der Waals surface area contributed by atoms with Gasteiger partial charge in [-0.15, -0.1) is 0 Å². The van der Waals surface area contributed by atoms with E-state index in [2.05, 4.69) is 5.10 Å². The first-order chi connectivity index (χ1) is 10.2. The Kier molecular flexibility index (Phi) is 3.43. The minimum absolute atomic E-state index is 0.120. The van der Waals surface area contributed by atoms with Crippen LogP contribution in [0.25, 0.3) is 0 Å². The Morgan fingerprint density at radius 2 is 2.05 bits per heavy atom. The number of ether oxygens (including phenoxy) is 1. The number of aromatic nitrogens is 2. The highest BCUT2D eigenvalue weighted by Gasteiger charge is 2.34. The molecule has 0 atom stereocenters. The van der Waals surface area contributed by atoms with Crippen LogP contribution in [0.15, 0.2) is 41.3 Å². The highest BCUT2D eigenvalue weighted by molar-refractivity contribution is 5.91. The predicted octanol–water partition coefficient (Wildman–Crippen LogP) is 0.327. The second-order valence-electron chi connectivity index (χ2n) is 4.97. The monoisotopic (exact) mass is 286 g/mol. The van der Waals surface area contributed by atoms with Crippen molar-refractivity contribution in [3.63, 3.8) is 0 Å². The zero-order valence-corrected chi connectivity index (χ0v) is 11.7. The predicted molar refractivity (Wildman–Crippen MR) is 75.0 cm³/mol. The normalized spacial score (nSPS) is 14.0. The summed E-state index contributed by atoms with van der Waals surface area (Å²) in [7, 11) is 1.68. The summed E-state index contributed by atoms with van der Waals surface area (Å²) in [4.78, 5) is 26.0. The molecule has 2 heterocycles. The van der Waals surface area contributed by atoms with Crippen molar-refractivity contribution in [2.24, 2.45) is 0 Å². The standard InChI is InChI=1S/C15H15N3O3/c1-17-7-8-18-13(15(17)20)14(19)12(9-16-18)21-10-11-5-3-2-4-6-11/h2-6,9H,7-8,10H2,1H3/p+1. The molecule has 1 amide bonds. The van der Waals surface area contributed by atoms with Crippen molar-refractivity contribution in [2.75, 3.05) is 13.6 Å². The van der Waals surface area contributed by atoms with Gasteiger partial charge in [0.25, 0.3) is 0 Å². The van der Waals surface area contributed by atoms with E-state index >= 15 is 0 Å². The van der Waals surface area contributed by atoms with E-state index < -0.39 is 0 Å². The molecule has 0 saturated heterocycles. The second kappa shape index (κ2) is 5.40. The van der Waals surface area contributed by atoms with Crippen molar-refractivity contribution in [3.8, 4) is 5.75 Å². The number of nitrogens with one attached hydrogen (secondary N) is 1. The molecule has 21 heavy (non-hydrogen) atoms. The van der Waals surface area contributed by atoms with Crippen molar-refractivity contribution in [1.29, 1.82) is 0 Å². The van der Waals surface area contributed by atoms with Gasteiger partial charge in [0.1, 0.15) is 12.8 Å². The maximum Gasteiger partial charge on any atom is 0.345 e. The van der Waals surface area contributed by atoms with Crippen LogP contribution < -0.4 is 14.8 Å². The molecule has 0 bridgehead atoms. The molecule has 0 fully saturated rings. The Morgan fingerprint density at radius 3 is 2.81 bits per heavy atom. The lowest BCUT2D eigenvalue weighted by atomic mass is 10.2. The van der Waals surface area contributed by atoms with Gasteiger partial charge >= 0.3 is 17.0 Å². The highest BCUT2D eigenvalue weighted by Crippen LogP contribution is 2.08. The van der Waals surface area contributed by atoms with Crippen molar-refractivity contribution >= 4 is 5.91 Å². The third-order valence-corrected chi connectivity index (χ3v) is 3.51. The molecule has 1 aromatic carbocycles. The third-order valence-electron chi connectivity index (χ3n) is 3.51. The average molecular weight is 286 g/mol. The van der Waals surface area contributed by atoms with Gasteiger partial charge in [0, 0.05) is 7.05 Å². The summed E-state index contributed by atoms with van der Waals surface area (Å²) in [6, 6.07) is 9.56. The number of hydrogen-bond donors (Lipinski definition) is 1. The number of likely N-dealkylation sites (N-methyl/N-ethyl adjacent to an activating group) is 1. The smallest absolute Gasteiger partial charge is 0.345 e. The summed E-state index contributed by atoms with van der Waals surface area (Å²) in [6.45, 7) is 1.44. The SMILES string of the molecule is CN1CC[n+]2[nH]cc(OCc3ccccc3)c(=O)c2C1=O. The lowest BCUT2D eigenvalue weighted by Crippen LogP contribution is -2.58. The van der Waals surface area contributed by atoms with Crippen LogP contribution in [-0.4, -0.2) is 29.5 Å². The van der Waals surface area contributed by atoms with Crippen LogP contribution in [0, 0.1) is 0 Å². The number of carbonyl (C=O) groups excluding carboxylic acids is 1. The third kappa shape index (κ3) is 2.52. The Labute approximate surface area is 121 Å². The van der Waals surface area contributed by atoms with E-state index in [0.29, 0.717) is 13.1 Å². The van der Waals surface area contributed by atoms with Crippen LogP contribution in [0.4, 0.5) is 0 Å². The molecule has 6 heteroatoms. The zero-order valence-electron chi connectivity index (χ0n) is 11.7. The van der Waals surface area contributed by atoms with Gasteiger partial charge in [-0.25, -0.2) is 0 Å². The summed E-state index contributed by atoms with van der Waals surface area (Å²) in [5, 5.41) is 2.93. The molecule has 0 saturated carbocycles. The fourth-order valence-electron chi connectivity index (χ4n) is 2.27. The topological polar surface area (TPSA) is 66.3 Å². The van der Waals surface area contributed by atoms with Crippen LogP contribution in [0.1, 0.15) is 16.1 Å². The van der Waals surface area contributed by atoms with E-state index in [1.54, 1.807) is 11.7 Å². The van der Waals surface area contributed by atoms with E-state index in [4.69, 9.17) is 4.74 Å². The van der Waals surface area contributed by atoms with E-state index in [-0.39, 0.29) is 29.4 Å². The van der Waals surface area contributed by atoms with Gasteiger partial charge in [0.2, 0.25) is 0 Å². The van der Waals surface area contributed by atoms with E-state index in [1.807, 2.05) is 30.3 Å². The van der Waals surface area contributed by atoms with Gasteiger partial charge < -0.3 is 9.64 Å². The summed E-state index contributed by atoms with van der Waals surface area (Å²) in [6.07, 6.45) is 1.51. The maximum absolute atomic E-state index is 12.4. The molecule has 0 aliphatic carbocycles. The average Bonchev–Trinajstić information content (AvgIpc) is 2.51. The van der Waals surface area contributed by atoms with Crippen molar-refractivity contribution < 1.29 is 14.2 Å². The van der Waals surface area contributed by atoms with Crippen molar-refractivity contribution in [3.05, 3.63) is 58.0 Å². The molecule has 0 unspecified atom stereocenters. The zero-order chi connectivity index (χ0) is 14.8. The molecule has 1 aliphatic heterocycles. The first kappa shape index (κ1) is 13.4. The quantitative estimate of drug-likeness (QED) is 0.827. The fourth-order valence-corrected chi connectivity index (χ4v) is 2.27. The Morgan fingerprint density at radius 1 is 1.29 bits per heavy atom. The molecule has 6 nitrogen and oxygen atoms in total. The number of H-pyrrole nitrogens is 1. The van der Waals surface area contributed by atoms with Crippen molar-refractivity contribution in [1.82, 2.24) is 10.00 Å². The second-order valence-corrected chi connectivity index (χ2v) is 4.97. The lowest BCUT2D eigenvalue weighted by Gasteiger charge is -2.18. The van der Waals surface area contributed by atoms with Crippen LogP contribution in [0.3, 0.4) is 0 Å². The number of hydrogen-bond acceptors (Lipinski definition) is 3. The number of benzene rings is 1. The van der Waals surface area contributed by atoms with Gasteiger partial charge in [-0.2, -0.15) is 5.10 Å². The molecular weight excluding hydrogens is 270 g/mol. The van der Waals surface area contributed by atoms with E-state index in [1.165, 1.54) is 11.1 Å². The van der Waals surface area contributed by atoms with Gasteiger partial charge in [-0.3, -0.25) is 9.59 Å². The van der Waals surface area contributed by atoms with Gasteiger partial charge in [0.15, 0.2) is 12.3 Å². The highest BCUT2D eigenvalue weighted by atomic mass is 16.5. The van der Waals surface area contributed by atoms with Gasteiger partial charge in [-0.05, 0) is 5.56 Å². The number of carbonyl (C=O) groups is 1.